The minimum atomic E-state index is -0.417. The van der Waals surface area contributed by atoms with Crippen LogP contribution in [0.2, 0.25) is 5.02 Å². The molecule has 1 fully saturated rings. The van der Waals surface area contributed by atoms with Crippen LogP contribution in [-0.2, 0) is 16.0 Å². The quantitative estimate of drug-likeness (QED) is 0.201. The molecule has 1 aliphatic heterocycles. The number of pyridine rings is 1. The fourth-order valence-electron chi connectivity index (χ4n) is 5.52. The number of carbonyl (C=O) groups is 2. The van der Waals surface area contributed by atoms with E-state index in [0.717, 1.165) is 17.7 Å². The molecular formula is C36H36ClN3O2. The Morgan fingerprint density at radius 2 is 1.60 bits per heavy atom. The Balaban J connectivity index is 1.31. The van der Waals surface area contributed by atoms with Crippen molar-refractivity contribution in [3.05, 3.63) is 143 Å². The molecule has 1 amide bonds. The van der Waals surface area contributed by atoms with E-state index >= 15 is 0 Å². The van der Waals surface area contributed by atoms with E-state index in [1.165, 1.54) is 11.1 Å². The lowest BCUT2D eigenvalue weighted by atomic mass is 9.90. The van der Waals surface area contributed by atoms with Crippen molar-refractivity contribution < 1.29 is 9.59 Å². The van der Waals surface area contributed by atoms with Gasteiger partial charge in [-0.05, 0) is 59.9 Å². The average Bonchev–Trinajstić information content (AvgIpc) is 3.17. The highest BCUT2D eigenvalue weighted by molar-refractivity contribution is 6.30. The highest BCUT2D eigenvalue weighted by Crippen LogP contribution is 2.27. The Hall–Kier alpha value is -4.06. The van der Waals surface area contributed by atoms with E-state index < -0.39 is 6.04 Å². The lowest BCUT2D eigenvalue weighted by Crippen LogP contribution is -2.48. The first-order valence-electron chi connectivity index (χ1n) is 14.6. The van der Waals surface area contributed by atoms with E-state index in [9.17, 15) is 9.59 Å². The van der Waals surface area contributed by atoms with Gasteiger partial charge in [-0.3, -0.25) is 14.6 Å². The van der Waals surface area contributed by atoms with Crippen LogP contribution in [0, 0.1) is 0 Å². The van der Waals surface area contributed by atoms with Crippen LogP contribution < -0.4 is 5.32 Å². The summed E-state index contributed by atoms with van der Waals surface area (Å²) in [6, 6.07) is 33.6. The number of nitrogens with zero attached hydrogens (tertiary/aromatic N) is 2. The van der Waals surface area contributed by atoms with Gasteiger partial charge in [0, 0.05) is 54.8 Å². The molecule has 1 N–H and O–H groups in total. The van der Waals surface area contributed by atoms with E-state index in [1.807, 2.05) is 65.6 Å². The summed E-state index contributed by atoms with van der Waals surface area (Å²) >= 11 is 5.97. The maximum atomic E-state index is 14.1. The summed E-state index contributed by atoms with van der Waals surface area (Å²) in [7, 11) is 0. The van der Waals surface area contributed by atoms with Gasteiger partial charge < -0.3 is 10.2 Å². The number of rotatable bonds is 11. The van der Waals surface area contributed by atoms with E-state index in [4.69, 9.17) is 11.6 Å². The third kappa shape index (κ3) is 8.25. The van der Waals surface area contributed by atoms with Crippen molar-refractivity contribution in [2.45, 2.75) is 43.7 Å². The number of hydrogen-bond donors (Lipinski definition) is 1. The van der Waals surface area contributed by atoms with Gasteiger partial charge in [0.05, 0.1) is 6.04 Å². The van der Waals surface area contributed by atoms with E-state index in [0.29, 0.717) is 37.4 Å². The van der Waals surface area contributed by atoms with Crippen LogP contribution in [0.5, 0.6) is 0 Å². The largest absolute Gasteiger partial charge is 0.340 e. The first-order chi connectivity index (χ1) is 20.5. The molecule has 5 rings (SSSR count). The van der Waals surface area contributed by atoms with Crippen LogP contribution in [0.4, 0.5) is 0 Å². The second-order valence-electron chi connectivity index (χ2n) is 10.8. The van der Waals surface area contributed by atoms with Crippen molar-refractivity contribution in [1.82, 2.24) is 15.2 Å². The molecule has 0 saturated carbocycles. The molecular weight excluding hydrogens is 542 g/mol. The Bertz CT molecular complexity index is 1420. The SMILES string of the molecule is O=C(/C=C/c1ccc(Cl)cc1)CC[C@@H]1CCN(CC(c2ccccc2)c2ccccc2)C(=O)[C@H](Cc2ccccn2)N1. The fourth-order valence-corrected chi connectivity index (χ4v) is 5.65. The predicted molar refractivity (Wildman–Crippen MR) is 169 cm³/mol. The van der Waals surface area contributed by atoms with Crippen LogP contribution in [0.1, 0.15) is 47.6 Å². The number of halogens is 1. The zero-order valence-electron chi connectivity index (χ0n) is 23.6. The highest BCUT2D eigenvalue weighted by atomic mass is 35.5. The van der Waals surface area contributed by atoms with E-state index in [-0.39, 0.29) is 23.7 Å². The Morgan fingerprint density at radius 3 is 2.24 bits per heavy atom. The molecule has 42 heavy (non-hydrogen) atoms. The van der Waals surface area contributed by atoms with Gasteiger partial charge in [0.15, 0.2) is 5.78 Å². The zero-order valence-corrected chi connectivity index (χ0v) is 24.4. The standard InChI is InChI=1S/C36H36ClN3O2/c37-30-17-14-27(15-18-30)16-20-33(41)21-19-31-22-24-40(36(42)35(39-31)25-32-13-7-8-23-38-32)26-34(28-9-3-1-4-10-28)29-11-5-2-6-12-29/h1-18,20,23,31,34-35,39H,19,21-22,24-26H2/b20-16+/t31-,35+/m1/s1. The fraction of sp³-hybridized carbons (Fsp3) is 0.250. The number of aromatic nitrogens is 1. The van der Waals surface area contributed by atoms with Crippen molar-refractivity contribution in [2.24, 2.45) is 0 Å². The van der Waals surface area contributed by atoms with Gasteiger partial charge >= 0.3 is 0 Å². The Morgan fingerprint density at radius 1 is 0.929 bits per heavy atom. The van der Waals surface area contributed by atoms with Crippen LogP contribution in [-0.4, -0.2) is 46.7 Å². The molecule has 1 aromatic heterocycles. The third-order valence-electron chi connectivity index (χ3n) is 7.81. The number of hydrogen-bond acceptors (Lipinski definition) is 4. The lowest BCUT2D eigenvalue weighted by molar-refractivity contribution is -0.132. The molecule has 0 spiro atoms. The predicted octanol–water partition coefficient (Wildman–Crippen LogP) is 6.73. The summed E-state index contributed by atoms with van der Waals surface area (Å²) in [4.78, 5) is 33.3. The number of nitrogens with one attached hydrogen (secondary N) is 1. The van der Waals surface area contributed by atoms with Gasteiger partial charge in [0.25, 0.3) is 0 Å². The second-order valence-corrected chi connectivity index (χ2v) is 11.2. The third-order valence-corrected chi connectivity index (χ3v) is 8.06. The molecule has 4 aromatic rings. The summed E-state index contributed by atoms with van der Waals surface area (Å²) in [5, 5.41) is 4.28. The van der Waals surface area contributed by atoms with Crippen LogP contribution >= 0.6 is 11.6 Å². The summed E-state index contributed by atoms with van der Waals surface area (Å²) in [5.74, 6) is 0.200. The molecule has 0 aliphatic carbocycles. The van der Waals surface area contributed by atoms with Crippen molar-refractivity contribution >= 4 is 29.4 Å². The van der Waals surface area contributed by atoms with Crippen molar-refractivity contribution in [2.75, 3.05) is 13.1 Å². The number of ketones is 1. The van der Waals surface area contributed by atoms with Gasteiger partial charge in [-0.15, -0.1) is 0 Å². The lowest BCUT2D eigenvalue weighted by Gasteiger charge is -2.29. The monoisotopic (exact) mass is 577 g/mol. The maximum absolute atomic E-state index is 14.1. The number of carbonyl (C=O) groups excluding carboxylic acids is 2. The number of benzene rings is 3. The summed E-state index contributed by atoms with van der Waals surface area (Å²) in [6.45, 7) is 1.21. The first kappa shape index (κ1) is 29.4. The molecule has 214 valence electrons. The van der Waals surface area contributed by atoms with Crippen molar-refractivity contribution in [1.29, 1.82) is 0 Å². The molecule has 5 nitrogen and oxygen atoms in total. The smallest absolute Gasteiger partial charge is 0.240 e. The van der Waals surface area contributed by atoms with Crippen LogP contribution in [0.3, 0.4) is 0 Å². The van der Waals surface area contributed by atoms with Crippen molar-refractivity contribution in [3.63, 3.8) is 0 Å². The number of allylic oxidation sites excluding steroid dienone is 1. The highest BCUT2D eigenvalue weighted by Gasteiger charge is 2.33. The molecule has 2 heterocycles. The molecule has 6 heteroatoms. The van der Waals surface area contributed by atoms with E-state index in [2.05, 4.69) is 58.8 Å². The Labute approximate surface area is 253 Å². The average molecular weight is 578 g/mol. The van der Waals surface area contributed by atoms with Gasteiger partial charge in [-0.25, -0.2) is 0 Å². The number of amides is 1. The molecule has 0 radical (unpaired) electrons. The minimum absolute atomic E-state index is 0.0347. The topological polar surface area (TPSA) is 62.3 Å². The van der Waals surface area contributed by atoms with Gasteiger partial charge in [0.2, 0.25) is 5.91 Å². The summed E-state index contributed by atoms with van der Waals surface area (Å²) in [5.41, 5.74) is 4.17. The molecule has 3 aromatic carbocycles. The molecule has 0 unspecified atom stereocenters. The summed E-state index contributed by atoms with van der Waals surface area (Å²) in [6.07, 6.45) is 7.55. The summed E-state index contributed by atoms with van der Waals surface area (Å²) < 4.78 is 0. The van der Waals surface area contributed by atoms with Gasteiger partial charge in [0.1, 0.15) is 0 Å². The first-order valence-corrected chi connectivity index (χ1v) is 14.9. The molecule has 1 aliphatic rings. The minimum Gasteiger partial charge on any atom is -0.340 e. The normalized spacial score (nSPS) is 17.5. The maximum Gasteiger partial charge on any atom is 0.240 e. The van der Waals surface area contributed by atoms with Crippen molar-refractivity contribution in [3.8, 4) is 0 Å². The van der Waals surface area contributed by atoms with E-state index in [1.54, 1.807) is 12.3 Å². The molecule has 1 saturated heterocycles. The molecule has 0 bridgehead atoms. The Kier molecular flexibility index (Phi) is 10.3. The van der Waals surface area contributed by atoms with Gasteiger partial charge in [-0.1, -0.05) is 96.5 Å². The zero-order chi connectivity index (χ0) is 29.1. The van der Waals surface area contributed by atoms with Crippen LogP contribution in [0.25, 0.3) is 6.08 Å². The molecule has 2 atom stereocenters. The second kappa shape index (κ2) is 14.7. The van der Waals surface area contributed by atoms with Crippen LogP contribution in [0.15, 0.2) is 115 Å². The van der Waals surface area contributed by atoms with Gasteiger partial charge in [-0.2, -0.15) is 0 Å².